The van der Waals surface area contributed by atoms with E-state index in [1.807, 2.05) is 44.2 Å². The van der Waals surface area contributed by atoms with E-state index in [1.165, 1.54) is 6.08 Å². The summed E-state index contributed by atoms with van der Waals surface area (Å²) in [6.07, 6.45) is 4.26. The van der Waals surface area contributed by atoms with Gasteiger partial charge in [-0.05, 0) is 36.0 Å². The Balaban J connectivity index is 3.01. The molecule has 1 unspecified atom stereocenters. The fraction of sp³-hybridized carbons (Fsp3) is 0.368. The van der Waals surface area contributed by atoms with Crippen molar-refractivity contribution in [3.05, 3.63) is 71.5 Å². The van der Waals surface area contributed by atoms with Crippen LogP contribution in [0.4, 0.5) is 8.78 Å². The maximum atomic E-state index is 13.9. The van der Waals surface area contributed by atoms with Crippen LogP contribution in [0.15, 0.2) is 65.9 Å². The van der Waals surface area contributed by atoms with Gasteiger partial charge in [0.1, 0.15) is 0 Å². The Bertz CT molecular complexity index is 551. The molecule has 1 aromatic rings. The number of hydrogen-bond acceptors (Lipinski definition) is 1. The molecule has 0 aliphatic carbocycles. The van der Waals surface area contributed by atoms with E-state index < -0.39 is 5.92 Å². The van der Waals surface area contributed by atoms with E-state index >= 15 is 0 Å². The lowest BCUT2D eigenvalue weighted by atomic mass is 9.94. The van der Waals surface area contributed by atoms with Gasteiger partial charge in [0, 0.05) is 18.2 Å². The highest BCUT2D eigenvalue weighted by Gasteiger charge is 2.28. The third kappa shape index (κ3) is 5.47. The Kier molecular flexibility index (Phi) is 6.54. The molecule has 2 N–H and O–H groups in total. The van der Waals surface area contributed by atoms with Crippen LogP contribution in [0.25, 0.3) is 0 Å². The van der Waals surface area contributed by atoms with Gasteiger partial charge in [0.05, 0.1) is 0 Å². The van der Waals surface area contributed by atoms with Crippen LogP contribution >= 0.6 is 0 Å². The molecular weight excluding hydrogens is 280 g/mol. The smallest absolute Gasteiger partial charge is 0.270 e. The lowest BCUT2D eigenvalue weighted by Crippen LogP contribution is -2.16. The summed E-state index contributed by atoms with van der Waals surface area (Å²) in [6.45, 7) is 8.72. The van der Waals surface area contributed by atoms with Crippen LogP contribution < -0.4 is 5.73 Å². The maximum Gasteiger partial charge on any atom is 0.270 e. The Hall–Kier alpha value is -1.90. The van der Waals surface area contributed by atoms with Crippen molar-refractivity contribution in [2.75, 3.05) is 0 Å². The van der Waals surface area contributed by atoms with Gasteiger partial charge in [-0.3, -0.25) is 0 Å². The Labute approximate surface area is 132 Å². The van der Waals surface area contributed by atoms with E-state index in [0.29, 0.717) is 17.7 Å². The molecule has 0 aliphatic rings. The SMILES string of the molecule is C=C(Cc1ccccc1)/C(=C\C=C(\N)C(C)CC)C(C)(F)F. The first-order chi connectivity index (χ1) is 10.3. The highest BCUT2D eigenvalue weighted by Crippen LogP contribution is 2.30. The molecule has 22 heavy (non-hydrogen) atoms. The second-order valence-electron chi connectivity index (χ2n) is 5.71. The topological polar surface area (TPSA) is 26.0 Å². The van der Waals surface area contributed by atoms with Gasteiger partial charge in [0.15, 0.2) is 0 Å². The molecular formula is C19H25F2N. The van der Waals surface area contributed by atoms with Gasteiger partial charge in [-0.25, -0.2) is 8.78 Å². The molecule has 1 rings (SSSR count). The zero-order valence-electron chi connectivity index (χ0n) is 13.6. The number of halogens is 2. The second kappa shape index (κ2) is 7.92. The van der Waals surface area contributed by atoms with Crippen molar-refractivity contribution in [1.82, 2.24) is 0 Å². The van der Waals surface area contributed by atoms with Crippen LogP contribution in [0, 0.1) is 5.92 Å². The summed E-state index contributed by atoms with van der Waals surface area (Å²) in [5, 5.41) is 0. The van der Waals surface area contributed by atoms with Crippen LogP contribution in [-0.4, -0.2) is 5.92 Å². The summed E-state index contributed by atoms with van der Waals surface area (Å²) < 4.78 is 27.7. The largest absolute Gasteiger partial charge is 0.402 e. The standard InChI is InChI=1S/C19H25F2N/c1-5-14(2)18(22)12-11-17(19(4,20)21)15(3)13-16-9-7-6-8-10-16/h6-12,14H,3,5,13,22H2,1-2,4H3/b17-11+,18-12+. The Morgan fingerprint density at radius 1 is 1.27 bits per heavy atom. The third-order valence-corrected chi connectivity index (χ3v) is 3.74. The van der Waals surface area contributed by atoms with E-state index in [-0.39, 0.29) is 11.5 Å². The normalized spacial score (nSPS) is 14.8. The molecule has 0 fully saturated rings. The van der Waals surface area contributed by atoms with Gasteiger partial charge in [-0.15, -0.1) is 0 Å². The number of hydrogen-bond donors (Lipinski definition) is 1. The molecule has 0 heterocycles. The molecule has 120 valence electrons. The van der Waals surface area contributed by atoms with Gasteiger partial charge >= 0.3 is 0 Å². The zero-order valence-corrected chi connectivity index (χ0v) is 13.6. The molecule has 3 heteroatoms. The maximum absolute atomic E-state index is 13.9. The highest BCUT2D eigenvalue weighted by molar-refractivity contribution is 5.40. The molecule has 0 saturated carbocycles. The van der Waals surface area contributed by atoms with Crippen molar-refractivity contribution >= 4 is 0 Å². The van der Waals surface area contributed by atoms with Gasteiger partial charge < -0.3 is 5.73 Å². The predicted octanol–water partition coefficient (Wildman–Crippen LogP) is 5.26. The molecule has 0 aromatic heterocycles. The average molecular weight is 305 g/mol. The summed E-state index contributed by atoms with van der Waals surface area (Å²) in [6, 6.07) is 9.47. The van der Waals surface area contributed by atoms with E-state index in [9.17, 15) is 8.78 Å². The first-order valence-electron chi connectivity index (χ1n) is 7.53. The molecule has 0 radical (unpaired) electrons. The van der Waals surface area contributed by atoms with E-state index in [4.69, 9.17) is 5.73 Å². The van der Waals surface area contributed by atoms with E-state index in [1.54, 1.807) is 6.08 Å². The quantitative estimate of drug-likeness (QED) is 0.684. The van der Waals surface area contributed by atoms with Crippen molar-refractivity contribution in [3.8, 4) is 0 Å². The summed E-state index contributed by atoms with van der Waals surface area (Å²) in [5.74, 6) is -2.77. The molecule has 0 bridgehead atoms. The van der Waals surface area contributed by atoms with Crippen molar-refractivity contribution in [1.29, 1.82) is 0 Å². The summed E-state index contributed by atoms with van der Waals surface area (Å²) in [5.41, 5.74) is 7.82. The Morgan fingerprint density at radius 2 is 1.86 bits per heavy atom. The molecule has 1 aromatic carbocycles. The molecule has 0 saturated heterocycles. The minimum absolute atomic E-state index is 0.0670. The molecule has 0 aliphatic heterocycles. The van der Waals surface area contributed by atoms with Gasteiger partial charge in [0.2, 0.25) is 0 Å². The minimum Gasteiger partial charge on any atom is -0.402 e. The van der Waals surface area contributed by atoms with Gasteiger partial charge in [0.25, 0.3) is 5.92 Å². The van der Waals surface area contributed by atoms with E-state index in [0.717, 1.165) is 18.9 Å². The monoisotopic (exact) mass is 305 g/mol. The summed E-state index contributed by atoms with van der Waals surface area (Å²) in [4.78, 5) is 0. The van der Waals surface area contributed by atoms with Gasteiger partial charge in [-0.1, -0.05) is 56.8 Å². The minimum atomic E-state index is -2.95. The molecule has 1 nitrogen and oxygen atoms in total. The summed E-state index contributed by atoms with van der Waals surface area (Å²) >= 11 is 0. The number of alkyl halides is 2. The molecule has 0 amide bonds. The van der Waals surface area contributed by atoms with E-state index in [2.05, 4.69) is 6.58 Å². The first-order valence-corrected chi connectivity index (χ1v) is 7.53. The summed E-state index contributed by atoms with van der Waals surface area (Å²) in [7, 11) is 0. The van der Waals surface area contributed by atoms with Crippen molar-refractivity contribution in [2.45, 2.75) is 39.5 Å². The van der Waals surface area contributed by atoms with Crippen LogP contribution in [0.1, 0.15) is 32.8 Å². The first kappa shape index (κ1) is 18.1. The number of benzene rings is 1. The second-order valence-corrected chi connectivity index (χ2v) is 5.71. The highest BCUT2D eigenvalue weighted by atomic mass is 19.3. The third-order valence-electron chi connectivity index (χ3n) is 3.74. The molecule has 1 atom stereocenters. The number of nitrogens with two attached hydrogens (primary N) is 1. The lowest BCUT2D eigenvalue weighted by Gasteiger charge is -2.18. The van der Waals surface area contributed by atoms with Crippen LogP contribution in [0.2, 0.25) is 0 Å². The predicted molar refractivity (Wildman–Crippen MR) is 89.7 cm³/mol. The lowest BCUT2D eigenvalue weighted by molar-refractivity contribution is 0.0657. The number of allylic oxidation sites excluding steroid dienone is 5. The number of rotatable bonds is 7. The zero-order chi connectivity index (χ0) is 16.8. The van der Waals surface area contributed by atoms with Crippen LogP contribution in [0.5, 0.6) is 0 Å². The Morgan fingerprint density at radius 3 is 2.36 bits per heavy atom. The molecule has 0 spiro atoms. The van der Waals surface area contributed by atoms with Crippen molar-refractivity contribution in [2.24, 2.45) is 11.7 Å². The van der Waals surface area contributed by atoms with Crippen molar-refractivity contribution in [3.63, 3.8) is 0 Å². The van der Waals surface area contributed by atoms with Crippen LogP contribution in [0.3, 0.4) is 0 Å². The van der Waals surface area contributed by atoms with Gasteiger partial charge in [-0.2, -0.15) is 0 Å². The average Bonchev–Trinajstić information content (AvgIpc) is 2.45. The van der Waals surface area contributed by atoms with Crippen LogP contribution in [-0.2, 0) is 6.42 Å². The van der Waals surface area contributed by atoms with Crippen molar-refractivity contribution < 1.29 is 8.78 Å². The fourth-order valence-corrected chi connectivity index (χ4v) is 2.09. The fourth-order valence-electron chi connectivity index (χ4n) is 2.09.